The molecule has 3 nitrogen and oxygen atoms in total. The van der Waals surface area contributed by atoms with Gasteiger partial charge in [0.05, 0.1) is 12.2 Å². The molecule has 0 aliphatic carbocycles. The Bertz CT molecular complexity index is 769. The topological polar surface area (TPSA) is 32.3 Å². The predicted octanol–water partition coefficient (Wildman–Crippen LogP) is 3.17. The van der Waals surface area contributed by atoms with Crippen LogP contribution in [-0.2, 0) is 16.2 Å². The molecule has 0 bridgehead atoms. The summed E-state index contributed by atoms with van der Waals surface area (Å²) in [6, 6.07) is 12.8. The third kappa shape index (κ3) is 2.26. The minimum Gasteiger partial charge on any atom is -0.305 e. The van der Waals surface area contributed by atoms with Gasteiger partial charge in [0.15, 0.2) is 4.87 Å². The van der Waals surface area contributed by atoms with E-state index in [0.29, 0.717) is 6.54 Å². The van der Waals surface area contributed by atoms with Gasteiger partial charge in [-0.3, -0.25) is 10.1 Å². The summed E-state index contributed by atoms with van der Waals surface area (Å²) in [5, 5.41) is 3.30. The molecular weight excluding hydrogens is 311 g/mol. The highest BCUT2D eigenvalue weighted by atomic mass is 32.2. The molecule has 1 atom stereocenters. The van der Waals surface area contributed by atoms with Crippen LogP contribution in [0.4, 0.5) is 10.1 Å². The molecule has 2 aliphatic heterocycles. The second-order valence-electron chi connectivity index (χ2n) is 5.99. The van der Waals surface area contributed by atoms with Crippen molar-refractivity contribution in [2.45, 2.75) is 18.3 Å². The summed E-state index contributed by atoms with van der Waals surface area (Å²) in [4.78, 5) is 14.0. The number of benzene rings is 2. The van der Waals surface area contributed by atoms with E-state index in [1.165, 1.54) is 17.7 Å². The van der Waals surface area contributed by atoms with Crippen LogP contribution in [-0.4, -0.2) is 18.2 Å². The number of hydrogen-bond acceptors (Lipinski definition) is 3. The zero-order valence-electron chi connectivity index (χ0n) is 12.8. The van der Waals surface area contributed by atoms with Gasteiger partial charge in [-0.05, 0) is 30.7 Å². The maximum atomic E-state index is 13.8. The first-order chi connectivity index (χ1) is 11.1. The molecule has 1 amide bonds. The molecule has 0 aromatic heterocycles. The summed E-state index contributed by atoms with van der Waals surface area (Å²) < 4.78 is 13.8. The monoisotopic (exact) mass is 328 g/mol. The number of aryl methyl sites for hydroxylation is 1. The van der Waals surface area contributed by atoms with Gasteiger partial charge in [0.2, 0.25) is 0 Å². The Hall–Kier alpha value is -1.85. The van der Waals surface area contributed by atoms with E-state index in [9.17, 15) is 9.18 Å². The zero-order chi connectivity index (χ0) is 16.0. The molecule has 4 rings (SSSR count). The number of nitrogens with one attached hydrogen (secondary N) is 1. The second-order valence-corrected chi connectivity index (χ2v) is 7.30. The summed E-state index contributed by atoms with van der Waals surface area (Å²) in [5.41, 5.74) is 3.81. The molecule has 5 heteroatoms. The number of hydrogen-bond donors (Lipinski definition) is 1. The number of amides is 1. The molecule has 1 fully saturated rings. The zero-order valence-corrected chi connectivity index (χ0v) is 13.6. The van der Waals surface area contributed by atoms with E-state index in [1.807, 2.05) is 31.2 Å². The Labute approximate surface area is 138 Å². The molecule has 118 valence electrons. The predicted molar refractivity (Wildman–Crippen MR) is 90.9 cm³/mol. The number of thioether (sulfide) groups is 1. The molecule has 0 saturated carbocycles. The van der Waals surface area contributed by atoms with Crippen LogP contribution in [0.2, 0.25) is 0 Å². The van der Waals surface area contributed by atoms with Gasteiger partial charge in [-0.15, -0.1) is 11.8 Å². The van der Waals surface area contributed by atoms with E-state index in [-0.39, 0.29) is 11.7 Å². The largest absolute Gasteiger partial charge is 0.305 e. The number of nitrogens with zero attached hydrogens (tertiary/aromatic N) is 1. The molecule has 0 radical (unpaired) electrons. The van der Waals surface area contributed by atoms with Crippen LogP contribution in [0.3, 0.4) is 0 Å². The number of halogens is 1. The molecule has 2 heterocycles. The van der Waals surface area contributed by atoms with Crippen molar-refractivity contribution < 1.29 is 9.18 Å². The molecule has 1 unspecified atom stereocenters. The van der Waals surface area contributed by atoms with Crippen LogP contribution in [0.25, 0.3) is 0 Å². The molecule has 2 aliphatic rings. The first-order valence-corrected chi connectivity index (χ1v) is 8.65. The van der Waals surface area contributed by atoms with E-state index >= 15 is 0 Å². The van der Waals surface area contributed by atoms with Crippen molar-refractivity contribution in [1.82, 2.24) is 5.32 Å². The highest BCUT2D eigenvalue weighted by molar-refractivity contribution is 8.01. The minimum atomic E-state index is -0.817. The fraction of sp³-hybridized carbons (Fsp3) is 0.278. The van der Waals surface area contributed by atoms with Gasteiger partial charge in [-0.2, -0.15) is 0 Å². The average Bonchev–Trinajstić information content (AvgIpc) is 3.11. The molecule has 1 saturated heterocycles. The van der Waals surface area contributed by atoms with Crippen LogP contribution >= 0.6 is 11.8 Å². The van der Waals surface area contributed by atoms with Gasteiger partial charge in [0.1, 0.15) is 5.82 Å². The third-order valence-electron chi connectivity index (χ3n) is 4.43. The van der Waals surface area contributed by atoms with E-state index in [0.717, 1.165) is 29.1 Å². The first kappa shape index (κ1) is 14.7. The first-order valence-electron chi connectivity index (χ1n) is 7.67. The summed E-state index contributed by atoms with van der Waals surface area (Å²) in [7, 11) is 0. The van der Waals surface area contributed by atoms with Crippen molar-refractivity contribution >= 4 is 23.4 Å². The SMILES string of the molecule is Cc1ccc(CN2C(=O)C3(NCCS3)c3cc(F)ccc32)cc1. The number of anilines is 1. The Morgan fingerprint density at radius 1 is 1.26 bits per heavy atom. The summed E-state index contributed by atoms with van der Waals surface area (Å²) in [6.45, 7) is 3.30. The highest BCUT2D eigenvalue weighted by Crippen LogP contribution is 2.49. The minimum absolute atomic E-state index is 0.00109. The Kier molecular flexibility index (Phi) is 3.43. The fourth-order valence-corrected chi connectivity index (χ4v) is 4.53. The van der Waals surface area contributed by atoms with E-state index in [4.69, 9.17) is 0 Å². The van der Waals surface area contributed by atoms with E-state index in [2.05, 4.69) is 5.32 Å². The van der Waals surface area contributed by atoms with Crippen molar-refractivity contribution in [2.75, 3.05) is 17.2 Å². The lowest BCUT2D eigenvalue weighted by Gasteiger charge is -2.23. The standard InChI is InChI=1S/C18H17FN2OS/c1-12-2-4-13(5-3-12)11-21-16-7-6-14(19)10-15(16)18(17(21)22)20-8-9-23-18/h2-7,10,20H,8-9,11H2,1H3. The van der Waals surface area contributed by atoms with Crippen molar-refractivity contribution in [3.05, 3.63) is 65.0 Å². The lowest BCUT2D eigenvalue weighted by Crippen LogP contribution is -2.44. The van der Waals surface area contributed by atoms with Gasteiger partial charge >= 0.3 is 0 Å². The number of rotatable bonds is 2. The third-order valence-corrected chi connectivity index (χ3v) is 5.81. The number of carbonyl (C=O) groups excluding carboxylic acids is 1. The number of fused-ring (bicyclic) bond motifs is 2. The Morgan fingerprint density at radius 2 is 2.04 bits per heavy atom. The van der Waals surface area contributed by atoms with Crippen LogP contribution in [0, 0.1) is 12.7 Å². The van der Waals surface area contributed by atoms with Crippen molar-refractivity contribution in [3.63, 3.8) is 0 Å². The highest BCUT2D eigenvalue weighted by Gasteiger charge is 2.53. The normalized spacial score (nSPS) is 22.9. The van der Waals surface area contributed by atoms with Crippen LogP contribution in [0.1, 0.15) is 16.7 Å². The van der Waals surface area contributed by atoms with E-state index < -0.39 is 4.87 Å². The quantitative estimate of drug-likeness (QED) is 0.919. The Balaban J connectivity index is 1.76. The van der Waals surface area contributed by atoms with Crippen molar-refractivity contribution in [1.29, 1.82) is 0 Å². The van der Waals surface area contributed by atoms with Gasteiger partial charge in [0.25, 0.3) is 5.91 Å². The number of carbonyl (C=O) groups is 1. The molecule has 1 N–H and O–H groups in total. The van der Waals surface area contributed by atoms with Crippen molar-refractivity contribution in [2.24, 2.45) is 0 Å². The maximum Gasteiger partial charge on any atom is 0.262 e. The van der Waals surface area contributed by atoms with Crippen molar-refractivity contribution in [3.8, 4) is 0 Å². The van der Waals surface area contributed by atoms with Gasteiger partial charge in [-0.25, -0.2) is 4.39 Å². The lowest BCUT2D eigenvalue weighted by atomic mass is 10.1. The van der Waals surface area contributed by atoms with Gasteiger partial charge < -0.3 is 4.90 Å². The molecule has 2 aromatic rings. The molecule has 2 aromatic carbocycles. The summed E-state index contributed by atoms with van der Waals surface area (Å²) >= 11 is 1.56. The smallest absolute Gasteiger partial charge is 0.262 e. The van der Waals surface area contributed by atoms with Gasteiger partial charge in [-0.1, -0.05) is 29.8 Å². The van der Waals surface area contributed by atoms with E-state index in [1.54, 1.807) is 22.7 Å². The maximum absolute atomic E-state index is 13.8. The molecular formula is C18H17FN2OS. The fourth-order valence-electron chi connectivity index (χ4n) is 3.27. The molecule has 23 heavy (non-hydrogen) atoms. The lowest BCUT2D eigenvalue weighted by molar-refractivity contribution is -0.121. The van der Waals surface area contributed by atoms with Gasteiger partial charge in [0, 0.05) is 17.9 Å². The average molecular weight is 328 g/mol. The summed E-state index contributed by atoms with van der Waals surface area (Å²) in [5.74, 6) is 0.545. The van der Waals surface area contributed by atoms with Crippen LogP contribution < -0.4 is 10.2 Å². The molecule has 1 spiro atoms. The van der Waals surface area contributed by atoms with Crippen LogP contribution in [0.15, 0.2) is 42.5 Å². The second kappa shape index (κ2) is 5.35. The summed E-state index contributed by atoms with van der Waals surface area (Å²) in [6.07, 6.45) is 0. The van der Waals surface area contributed by atoms with Crippen LogP contribution in [0.5, 0.6) is 0 Å². The Morgan fingerprint density at radius 3 is 2.74 bits per heavy atom.